The summed E-state index contributed by atoms with van der Waals surface area (Å²) in [5.41, 5.74) is 8.01. The zero-order chi connectivity index (χ0) is 29.4. The monoisotopic (exact) mass is 544 g/mol. The minimum Gasteiger partial charge on any atom is -0.444 e. The summed E-state index contributed by atoms with van der Waals surface area (Å²) in [5, 5.41) is 6.03. The van der Waals surface area contributed by atoms with E-state index in [2.05, 4.69) is 51.1 Å². The zero-order valence-corrected chi connectivity index (χ0v) is 25.7. The molecule has 4 N–H and O–H groups in total. The first kappa shape index (κ1) is 32.8. The van der Waals surface area contributed by atoms with Gasteiger partial charge in [0.25, 0.3) is 0 Å². The molecule has 3 fully saturated rings. The van der Waals surface area contributed by atoms with Crippen LogP contribution in [0.15, 0.2) is 36.7 Å². The third-order valence-electron chi connectivity index (χ3n) is 8.67. The molecule has 7 heteroatoms. The Kier molecular flexibility index (Phi) is 12.0. The lowest BCUT2D eigenvalue weighted by Gasteiger charge is -2.32. The minimum atomic E-state index is -0.579. The molecule has 2 unspecified atom stereocenters. The molecule has 0 aromatic carbocycles. The highest BCUT2D eigenvalue weighted by atomic mass is 16.6. The molecule has 0 radical (unpaired) electrons. The van der Waals surface area contributed by atoms with Crippen molar-refractivity contribution in [3.05, 3.63) is 36.7 Å². The van der Waals surface area contributed by atoms with Crippen LogP contribution in [0.4, 0.5) is 4.79 Å². The molecule has 1 saturated heterocycles. The van der Waals surface area contributed by atoms with Gasteiger partial charge in [-0.15, -0.1) is 0 Å². The number of amides is 2. The Morgan fingerprint density at radius 2 is 1.72 bits per heavy atom. The Morgan fingerprint density at radius 1 is 1.10 bits per heavy atom. The van der Waals surface area contributed by atoms with Gasteiger partial charge < -0.3 is 26.0 Å². The van der Waals surface area contributed by atoms with E-state index >= 15 is 0 Å². The molecule has 2 saturated carbocycles. The van der Waals surface area contributed by atoms with E-state index in [1.54, 1.807) is 4.90 Å². The molecule has 1 heterocycles. The van der Waals surface area contributed by atoms with Crippen LogP contribution < -0.4 is 16.4 Å². The minimum absolute atomic E-state index is 0.0237. The second-order valence-electron chi connectivity index (χ2n) is 13.4. The van der Waals surface area contributed by atoms with E-state index in [1.165, 1.54) is 38.5 Å². The van der Waals surface area contributed by atoms with Crippen LogP contribution in [0.2, 0.25) is 0 Å². The number of nitrogens with one attached hydrogen (secondary N) is 2. The SMILES string of the molecule is C=C(N)C(=C)C(CC1CC1)NC(=C)C1CCCN1C(=O)CNC(=O)OC(C)(C)CC.CC1CCC(C)(C)CC1. The number of hydrogen-bond donors (Lipinski definition) is 3. The van der Waals surface area contributed by atoms with E-state index in [9.17, 15) is 9.59 Å². The molecule has 2 atom stereocenters. The van der Waals surface area contributed by atoms with Crippen LogP contribution in [-0.2, 0) is 9.53 Å². The molecule has 222 valence electrons. The fourth-order valence-corrected chi connectivity index (χ4v) is 5.10. The largest absolute Gasteiger partial charge is 0.444 e. The number of rotatable bonds is 11. The number of ether oxygens (including phenoxy) is 1. The van der Waals surface area contributed by atoms with Crippen molar-refractivity contribution in [1.82, 2.24) is 15.5 Å². The summed E-state index contributed by atoms with van der Waals surface area (Å²) in [5.74, 6) is 1.53. The molecule has 0 bridgehead atoms. The summed E-state index contributed by atoms with van der Waals surface area (Å²) < 4.78 is 5.34. The number of nitrogens with two attached hydrogens (primary N) is 1. The molecule has 3 aliphatic rings. The summed E-state index contributed by atoms with van der Waals surface area (Å²) in [7, 11) is 0. The Labute approximate surface area is 238 Å². The summed E-state index contributed by atoms with van der Waals surface area (Å²) in [6.07, 6.45) is 11.0. The summed E-state index contributed by atoms with van der Waals surface area (Å²) in [6, 6.07) is -0.146. The topological polar surface area (TPSA) is 96.7 Å². The van der Waals surface area contributed by atoms with Crippen molar-refractivity contribution < 1.29 is 14.3 Å². The summed E-state index contributed by atoms with van der Waals surface area (Å²) in [6.45, 7) is 25.4. The van der Waals surface area contributed by atoms with E-state index in [1.807, 2.05) is 20.8 Å². The standard InChI is InChI=1S/C23H38N4O3.C9H18/c1-7-23(5,6)30-22(29)25-14-21(28)27-12-8-9-20(27)17(4)26-19(13-18-10-11-18)15(2)16(3)24;1-8-4-6-9(2,3)7-5-8/h18-20,26H,2-4,7-14,24H2,1,5-6H3,(H,25,29);8H,4-7H2,1-3H3. The number of likely N-dealkylation sites (tertiary alicyclic amines) is 1. The molecule has 7 nitrogen and oxygen atoms in total. The highest BCUT2D eigenvalue weighted by Crippen LogP contribution is 2.37. The number of carbonyl (C=O) groups is 2. The van der Waals surface area contributed by atoms with Crippen LogP contribution in [-0.4, -0.2) is 47.7 Å². The van der Waals surface area contributed by atoms with Crippen molar-refractivity contribution in [2.24, 2.45) is 23.0 Å². The normalized spacial score (nSPS) is 21.7. The number of hydrogen-bond acceptors (Lipinski definition) is 5. The Balaban J connectivity index is 0.000000499. The van der Waals surface area contributed by atoms with Gasteiger partial charge in [-0.2, -0.15) is 0 Å². The zero-order valence-electron chi connectivity index (χ0n) is 25.7. The predicted octanol–water partition coefficient (Wildman–Crippen LogP) is 6.42. The Morgan fingerprint density at radius 3 is 2.23 bits per heavy atom. The van der Waals surface area contributed by atoms with Crippen LogP contribution >= 0.6 is 0 Å². The molecular formula is C32H56N4O3. The van der Waals surface area contributed by atoms with Crippen molar-refractivity contribution in [2.75, 3.05) is 13.1 Å². The fourth-order valence-electron chi connectivity index (χ4n) is 5.10. The maximum Gasteiger partial charge on any atom is 0.408 e. The summed E-state index contributed by atoms with van der Waals surface area (Å²) in [4.78, 5) is 26.5. The number of carbonyl (C=O) groups excluding carboxylic acids is 2. The van der Waals surface area contributed by atoms with E-state index in [4.69, 9.17) is 10.5 Å². The average molecular weight is 545 g/mol. The molecule has 0 aromatic heterocycles. The van der Waals surface area contributed by atoms with Gasteiger partial charge in [0.05, 0.1) is 12.1 Å². The second-order valence-corrected chi connectivity index (χ2v) is 13.4. The molecular weight excluding hydrogens is 488 g/mol. The van der Waals surface area contributed by atoms with Crippen LogP contribution in [0, 0.1) is 17.3 Å². The Hall–Kier alpha value is -2.44. The molecule has 3 rings (SSSR count). The van der Waals surface area contributed by atoms with Crippen LogP contribution in [0.1, 0.15) is 106 Å². The molecule has 2 amide bonds. The first-order valence-corrected chi connectivity index (χ1v) is 15.0. The van der Waals surface area contributed by atoms with Gasteiger partial charge in [-0.1, -0.05) is 73.1 Å². The van der Waals surface area contributed by atoms with Crippen molar-refractivity contribution in [1.29, 1.82) is 0 Å². The van der Waals surface area contributed by atoms with Gasteiger partial charge in [0.15, 0.2) is 0 Å². The quantitative estimate of drug-likeness (QED) is 0.261. The lowest BCUT2D eigenvalue weighted by Crippen LogP contribution is -2.47. The van der Waals surface area contributed by atoms with Gasteiger partial charge in [-0.3, -0.25) is 4.79 Å². The molecule has 2 aliphatic carbocycles. The van der Waals surface area contributed by atoms with Crippen molar-refractivity contribution in [3.63, 3.8) is 0 Å². The highest BCUT2D eigenvalue weighted by molar-refractivity contribution is 5.83. The van der Waals surface area contributed by atoms with Gasteiger partial charge in [0, 0.05) is 17.9 Å². The molecule has 0 aromatic rings. The predicted molar refractivity (Wildman–Crippen MR) is 161 cm³/mol. The van der Waals surface area contributed by atoms with E-state index in [0.29, 0.717) is 30.0 Å². The van der Waals surface area contributed by atoms with Gasteiger partial charge in [0.1, 0.15) is 12.1 Å². The molecule has 1 aliphatic heterocycles. The van der Waals surface area contributed by atoms with Crippen LogP contribution in [0.25, 0.3) is 0 Å². The second kappa shape index (κ2) is 14.3. The van der Waals surface area contributed by atoms with Crippen molar-refractivity contribution >= 4 is 12.0 Å². The summed E-state index contributed by atoms with van der Waals surface area (Å²) >= 11 is 0. The first-order chi connectivity index (χ1) is 18.1. The van der Waals surface area contributed by atoms with Crippen molar-refractivity contribution in [2.45, 2.75) is 123 Å². The number of alkyl carbamates (subject to hydrolysis) is 1. The van der Waals surface area contributed by atoms with Crippen LogP contribution in [0.3, 0.4) is 0 Å². The van der Waals surface area contributed by atoms with E-state index in [-0.39, 0.29) is 24.5 Å². The first-order valence-electron chi connectivity index (χ1n) is 15.0. The maximum atomic E-state index is 12.8. The van der Waals surface area contributed by atoms with Gasteiger partial charge in [-0.25, -0.2) is 4.79 Å². The van der Waals surface area contributed by atoms with Crippen molar-refractivity contribution in [3.8, 4) is 0 Å². The third kappa shape index (κ3) is 11.3. The lowest BCUT2D eigenvalue weighted by atomic mass is 9.74. The Bertz CT molecular complexity index is 880. The number of nitrogens with zero attached hydrogens (tertiary/aromatic N) is 1. The van der Waals surface area contributed by atoms with Crippen LogP contribution in [0.5, 0.6) is 0 Å². The molecule has 0 spiro atoms. The highest BCUT2D eigenvalue weighted by Gasteiger charge is 2.34. The smallest absolute Gasteiger partial charge is 0.408 e. The van der Waals surface area contributed by atoms with Gasteiger partial charge >= 0.3 is 6.09 Å². The van der Waals surface area contributed by atoms with Gasteiger partial charge in [-0.05, 0) is 75.2 Å². The average Bonchev–Trinajstić information content (AvgIpc) is 3.54. The van der Waals surface area contributed by atoms with E-state index in [0.717, 1.165) is 36.5 Å². The fraction of sp³-hybridized carbons (Fsp3) is 0.750. The third-order valence-corrected chi connectivity index (χ3v) is 8.67. The van der Waals surface area contributed by atoms with E-state index < -0.39 is 11.7 Å². The molecule has 39 heavy (non-hydrogen) atoms. The maximum absolute atomic E-state index is 12.8. The lowest BCUT2D eigenvalue weighted by molar-refractivity contribution is -0.130. The van der Waals surface area contributed by atoms with Gasteiger partial charge in [0.2, 0.25) is 5.91 Å².